The van der Waals surface area contributed by atoms with Gasteiger partial charge in [0.2, 0.25) is 0 Å². The van der Waals surface area contributed by atoms with Crippen LogP contribution in [0.15, 0.2) is 64.7 Å². The van der Waals surface area contributed by atoms with Crippen LogP contribution in [-0.4, -0.2) is 54.9 Å². The SMILES string of the molecule is COC(=O)C1=C(Nc2ccc(-c3ccc(SC)cc3)cc2)C(=O)N(CCO)C1. The molecule has 2 N–H and O–H groups in total. The van der Waals surface area contributed by atoms with Gasteiger partial charge in [-0.25, -0.2) is 4.79 Å². The van der Waals surface area contributed by atoms with Crippen LogP contribution < -0.4 is 5.32 Å². The average Bonchev–Trinajstić information content (AvgIpc) is 3.04. The minimum atomic E-state index is -0.554. The van der Waals surface area contributed by atoms with E-state index in [2.05, 4.69) is 29.6 Å². The van der Waals surface area contributed by atoms with Gasteiger partial charge in [-0.2, -0.15) is 0 Å². The van der Waals surface area contributed by atoms with Gasteiger partial charge in [-0.3, -0.25) is 4.79 Å². The van der Waals surface area contributed by atoms with Gasteiger partial charge in [-0.15, -0.1) is 11.8 Å². The largest absolute Gasteiger partial charge is 0.466 e. The highest BCUT2D eigenvalue weighted by atomic mass is 32.2. The first-order valence-electron chi connectivity index (χ1n) is 8.80. The summed E-state index contributed by atoms with van der Waals surface area (Å²) >= 11 is 1.70. The minimum absolute atomic E-state index is 0.119. The third-order valence-corrected chi connectivity index (χ3v) is 5.27. The zero-order valence-corrected chi connectivity index (χ0v) is 16.6. The number of aliphatic hydroxyl groups is 1. The number of nitrogens with zero attached hydrogens (tertiary/aromatic N) is 1. The quantitative estimate of drug-likeness (QED) is 0.552. The van der Waals surface area contributed by atoms with E-state index < -0.39 is 5.97 Å². The van der Waals surface area contributed by atoms with Crippen LogP contribution in [0.2, 0.25) is 0 Å². The highest BCUT2D eigenvalue weighted by molar-refractivity contribution is 7.98. The van der Waals surface area contributed by atoms with Gasteiger partial charge < -0.3 is 20.1 Å². The lowest BCUT2D eigenvalue weighted by atomic mass is 10.1. The van der Waals surface area contributed by atoms with Gasteiger partial charge in [0.25, 0.3) is 5.91 Å². The van der Waals surface area contributed by atoms with Gasteiger partial charge >= 0.3 is 5.97 Å². The number of carbonyl (C=O) groups excluding carboxylic acids is 2. The van der Waals surface area contributed by atoms with Crippen LogP contribution in [0, 0.1) is 0 Å². The lowest BCUT2D eigenvalue weighted by Gasteiger charge is -2.15. The molecule has 2 aromatic rings. The van der Waals surface area contributed by atoms with Crippen molar-refractivity contribution in [3.8, 4) is 11.1 Å². The first-order valence-corrected chi connectivity index (χ1v) is 10.0. The predicted molar refractivity (Wildman–Crippen MR) is 110 cm³/mol. The molecule has 0 fully saturated rings. The van der Waals surface area contributed by atoms with Crippen LogP contribution in [0.3, 0.4) is 0 Å². The first-order chi connectivity index (χ1) is 13.6. The van der Waals surface area contributed by atoms with Crippen molar-refractivity contribution in [3.05, 3.63) is 59.8 Å². The lowest BCUT2D eigenvalue weighted by molar-refractivity contribution is -0.136. The van der Waals surface area contributed by atoms with Crippen LogP contribution in [0.5, 0.6) is 0 Å². The van der Waals surface area contributed by atoms with Gasteiger partial charge in [-0.1, -0.05) is 24.3 Å². The molecule has 1 aliphatic heterocycles. The monoisotopic (exact) mass is 398 g/mol. The van der Waals surface area contributed by atoms with Crippen LogP contribution in [0.1, 0.15) is 0 Å². The molecule has 146 valence electrons. The molecule has 1 aliphatic rings. The Bertz CT molecular complexity index is 892. The number of anilines is 1. The molecular formula is C21H22N2O4S. The number of β-amino-alcohol motifs (C(OH)–C–C–N with tert-alkyl or cyclic N) is 1. The second kappa shape index (κ2) is 8.95. The molecule has 7 heteroatoms. The molecule has 3 rings (SSSR count). The molecule has 0 saturated carbocycles. The molecule has 0 aromatic heterocycles. The molecule has 0 saturated heterocycles. The van der Waals surface area contributed by atoms with E-state index in [-0.39, 0.29) is 36.9 Å². The number of hydrogen-bond acceptors (Lipinski definition) is 6. The maximum Gasteiger partial charge on any atom is 0.337 e. The number of rotatable bonds is 7. The molecule has 0 radical (unpaired) electrons. The van der Waals surface area contributed by atoms with Crippen molar-refractivity contribution in [1.29, 1.82) is 0 Å². The fraction of sp³-hybridized carbons (Fsp3) is 0.238. The summed E-state index contributed by atoms with van der Waals surface area (Å²) in [5.74, 6) is -0.882. The van der Waals surface area contributed by atoms with E-state index in [1.54, 1.807) is 11.8 Å². The van der Waals surface area contributed by atoms with Crippen LogP contribution in [0.4, 0.5) is 5.69 Å². The number of esters is 1. The summed E-state index contributed by atoms with van der Waals surface area (Å²) in [4.78, 5) is 27.2. The molecule has 2 aromatic carbocycles. The number of hydrogen-bond donors (Lipinski definition) is 2. The lowest BCUT2D eigenvalue weighted by Crippen LogP contribution is -2.31. The highest BCUT2D eigenvalue weighted by Gasteiger charge is 2.34. The Morgan fingerprint density at radius 2 is 1.75 bits per heavy atom. The number of thioether (sulfide) groups is 1. The third-order valence-electron chi connectivity index (χ3n) is 4.53. The van der Waals surface area contributed by atoms with Gasteiger partial charge in [0.15, 0.2) is 0 Å². The molecule has 0 aliphatic carbocycles. The number of methoxy groups -OCH3 is 1. The van der Waals surface area contributed by atoms with Gasteiger partial charge in [0.05, 0.1) is 25.8 Å². The smallest absolute Gasteiger partial charge is 0.337 e. The number of benzene rings is 2. The Morgan fingerprint density at radius 3 is 2.29 bits per heavy atom. The van der Waals surface area contributed by atoms with Crippen LogP contribution >= 0.6 is 11.8 Å². The Morgan fingerprint density at radius 1 is 1.14 bits per heavy atom. The van der Waals surface area contributed by atoms with Crippen molar-refractivity contribution in [2.45, 2.75) is 4.90 Å². The van der Waals surface area contributed by atoms with E-state index in [1.807, 2.05) is 30.5 Å². The van der Waals surface area contributed by atoms with Crippen molar-refractivity contribution in [3.63, 3.8) is 0 Å². The van der Waals surface area contributed by atoms with Crippen molar-refractivity contribution in [2.75, 3.05) is 38.4 Å². The maximum atomic E-state index is 12.6. The summed E-state index contributed by atoms with van der Waals surface area (Å²) in [7, 11) is 1.28. The van der Waals surface area contributed by atoms with Gasteiger partial charge in [0.1, 0.15) is 5.70 Å². The number of amides is 1. The minimum Gasteiger partial charge on any atom is -0.466 e. The molecule has 1 amide bonds. The summed E-state index contributed by atoms with van der Waals surface area (Å²) in [5.41, 5.74) is 3.31. The number of carbonyl (C=O) groups is 2. The van der Waals surface area contributed by atoms with E-state index in [1.165, 1.54) is 16.9 Å². The third kappa shape index (κ3) is 4.21. The maximum absolute atomic E-state index is 12.6. The van der Waals surface area contributed by atoms with Crippen molar-refractivity contribution >= 4 is 29.3 Å². The van der Waals surface area contributed by atoms with Gasteiger partial charge in [0, 0.05) is 17.1 Å². The first kappa shape index (κ1) is 20.0. The van der Waals surface area contributed by atoms with Crippen molar-refractivity contribution in [1.82, 2.24) is 4.90 Å². The normalized spacial score (nSPS) is 13.8. The fourth-order valence-corrected chi connectivity index (χ4v) is 3.43. The molecule has 1 heterocycles. The second-order valence-electron chi connectivity index (χ2n) is 6.23. The van der Waals surface area contributed by atoms with E-state index >= 15 is 0 Å². The van der Waals surface area contributed by atoms with Crippen molar-refractivity contribution in [2.24, 2.45) is 0 Å². The van der Waals surface area contributed by atoms with E-state index in [0.29, 0.717) is 5.69 Å². The van der Waals surface area contributed by atoms with E-state index in [4.69, 9.17) is 9.84 Å². The average molecular weight is 398 g/mol. The van der Waals surface area contributed by atoms with Gasteiger partial charge in [-0.05, 0) is 41.6 Å². The Kier molecular flexibility index (Phi) is 6.38. The summed E-state index contributed by atoms with van der Waals surface area (Å²) < 4.78 is 4.79. The highest BCUT2D eigenvalue weighted by Crippen LogP contribution is 2.26. The van der Waals surface area contributed by atoms with Crippen LogP contribution in [0.25, 0.3) is 11.1 Å². The molecule has 6 nitrogen and oxygen atoms in total. The van der Waals surface area contributed by atoms with Crippen molar-refractivity contribution < 1.29 is 19.4 Å². The van der Waals surface area contributed by atoms with E-state index in [0.717, 1.165) is 11.1 Å². The molecule has 0 unspecified atom stereocenters. The zero-order chi connectivity index (χ0) is 20.1. The fourth-order valence-electron chi connectivity index (χ4n) is 3.02. The number of nitrogens with one attached hydrogen (secondary N) is 1. The molecular weight excluding hydrogens is 376 g/mol. The topological polar surface area (TPSA) is 78.9 Å². The zero-order valence-electron chi connectivity index (χ0n) is 15.8. The summed E-state index contributed by atoms with van der Waals surface area (Å²) in [6.45, 7) is 0.112. The Labute approximate surface area is 168 Å². The van der Waals surface area contributed by atoms with Crippen LogP contribution in [-0.2, 0) is 14.3 Å². The predicted octanol–water partition coefficient (Wildman–Crippen LogP) is 2.75. The molecule has 0 atom stereocenters. The molecule has 0 bridgehead atoms. The Balaban J connectivity index is 1.81. The molecule has 28 heavy (non-hydrogen) atoms. The number of ether oxygens (including phenoxy) is 1. The van der Waals surface area contributed by atoms with E-state index in [9.17, 15) is 9.59 Å². The standard InChI is InChI=1S/C21H22N2O4S/c1-27-21(26)18-13-23(11-12-24)20(25)19(18)22-16-7-3-14(4-8-16)15-5-9-17(28-2)10-6-15/h3-10,22,24H,11-13H2,1-2H3. The molecule has 0 spiro atoms. The Hall–Kier alpha value is -2.77. The summed E-state index contributed by atoms with van der Waals surface area (Å²) in [6, 6.07) is 15.9. The number of aliphatic hydroxyl groups excluding tert-OH is 1. The summed E-state index contributed by atoms with van der Waals surface area (Å²) in [5, 5.41) is 12.2. The second-order valence-corrected chi connectivity index (χ2v) is 7.11. The summed E-state index contributed by atoms with van der Waals surface area (Å²) in [6.07, 6.45) is 2.04.